The van der Waals surface area contributed by atoms with E-state index in [0.29, 0.717) is 0 Å². The Morgan fingerprint density at radius 2 is 1.82 bits per heavy atom. The molecule has 0 atom stereocenters. The first-order valence-electron chi connectivity index (χ1n) is 5.87. The highest BCUT2D eigenvalue weighted by atomic mass is 28.4. The molecule has 0 fully saturated rings. The lowest BCUT2D eigenvalue weighted by atomic mass is 10.3. The highest BCUT2D eigenvalue weighted by molar-refractivity contribution is 6.76. The van der Waals surface area contributed by atoms with Crippen LogP contribution in [0.2, 0.25) is 39.3 Å². The normalized spacial score (nSPS) is 13.6. The van der Waals surface area contributed by atoms with Crippen molar-refractivity contribution in [3.8, 4) is 0 Å². The molecular formula is C12H22N2OSi2. The fourth-order valence-corrected chi connectivity index (χ4v) is 2.85. The van der Waals surface area contributed by atoms with E-state index in [4.69, 9.17) is 9.08 Å². The number of nitrogens with zero attached hydrogens (tertiary/aromatic N) is 2. The van der Waals surface area contributed by atoms with Crippen molar-refractivity contribution in [1.29, 1.82) is 0 Å². The summed E-state index contributed by atoms with van der Waals surface area (Å²) < 4.78 is 10.9. The van der Waals surface area contributed by atoms with E-state index >= 15 is 0 Å². The first-order valence-corrected chi connectivity index (χ1v) is 12.7. The van der Waals surface area contributed by atoms with E-state index in [1.165, 1.54) is 0 Å². The van der Waals surface area contributed by atoms with Crippen molar-refractivity contribution in [3.63, 3.8) is 0 Å². The largest absolute Gasteiger partial charge is 0.532 e. The van der Waals surface area contributed by atoms with Gasteiger partial charge in [0.1, 0.15) is 0 Å². The molecule has 0 unspecified atom stereocenters. The van der Waals surface area contributed by atoms with Crippen molar-refractivity contribution in [2.45, 2.75) is 39.3 Å². The molecule has 0 saturated carbocycles. The Bertz CT molecular complexity index is 391. The third-order valence-electron chi connectivity index (χ3n) is 1.75. The summed E-state index contributed by atoms with van der Waals surface area (Å²) in [5.41, 5.74) is 0.984. The molecule has 1 aromatic heterocycles. The number of pyridine rings is 1. The first kappa shape index (κ1) is 14.1. The Labute approximate surface area is 106 Å². The van der Waals surface area contributed by atoms with Crippen LogP contribution < -0.4 is 0 Å². The molecule has 0 amide bonds. The molecule has 0 spiro atoms. The molecule has 0 aliphatic rings. The van der Waals surface area contributed by atoms with Gasteiger partial charge in [0.05, 0.1) is 5.56 Å². The summed E-state index contributed by atoms with van der Waals surface area (Å²) >= 11 is 0. The molecule has 0 aromatic carbocycles. The minimum absolute atomic E-state index is 0.774. The summed E-state index contributed by atoms with van der Waals surface area (Å²) in [6, 6.07) is 3.93. The predicted molar refractivity (Wildman–Crippen MR) is 78.6 cm³/mol. The van der Waals surface area contributed by atoms with Crippen molar-refractivity contribution in [1.82, 2.24) is 4.98 Å². The second-order valence-corrected chi connectivity index (χ2v) is 15.0. The van der Waals surface area contributed by atoms with E-state index in [9.17, 15) is 0 Å². The second-order valence-electron chi connectivity index (χ2n) is 6.04. The van der Waals surface area contributed by atoms with Gasteiger partial charge in [0.25, 0.3) is 0 Å². The van der Waals surface area contributed by atoms with Crippen LogP contribution in [-0.4, -0.2) is 27.4 Å². The second kappa shape index (κ2) is 5.14. The Morgan fingerprint density at radius 1 is 1.18 bits per heavy atom. The lowest BCUT2D eigenvalue weighted by Crippen LogP contribution is -2.32. The van der Waals surface area contributed by atoms with Crippen LogP contribution in [0.25, 0.3) is 0 Å². The van der Waals surface area contributed by atoms with Crippen molar-refractivity contribution in [3.05, 3.63) is 30.1 Å². The minimum atomic E-state index is -1.64. The standard InChI is InChI=1S/C12H22N2OSi2/c1-16(2,3)14-12(15-17(4,5)6)11-8-7-9-13-10-11/h7-10H,1-6H3. The van der Waals surface area contributed by atoms with Gasteiger partial charge in [-0.1, -0.05) is 0 Å². The maximum absolute atomic E-state index is 6.08. The van der Waals surface area contributed by atoms with Crippen molar-refractivity contribution >= 4 is 22.5 Å². The molecule has 0 aliphatic heterocycles. The molecule has 1 heterocycles. The van der Waals surface area contributed by atoms with Gasteiger partial charge in [-0.25, -0.2) is 0 Å². The molecule has 0 saturated heterocycles. The third-order valence-corrected chi connectivity index (χ3v) is 3.43. The van der Waals surface area contributed by atoms with Crippen molar-refractivity contribution in [2.24, 2.45) is 4.66 Å². The molecule has 94 valence electrons. The molecule has 5 heteroatoms. The zero-order chi connectivity index (χ0) is 13.1. The number of hydrogen-bond donors (Lipinski definition) is 0. The summed E-state index contributed by atoms with van der Waals surface area (Å²) in [7, 11) is -3.18. The van der Waals surface area contributed by atoms with Gasteiger partial charge in [0.2, 0.25) is 8.32 Å². The van der Waals surface area contributed by atoms with Gasteiger partial charge in [-0.3, -0.25) is 9.64 Å². The lowest BCUT2D eigenvalue weighted by Gasteiger charge is -2.23. The SMILES string of the molecule is C[Si](C)(C)N=C(O[Si](C)(C)C)c1cccnc1. The number of aromatic nitrogens is 1. The van der Waals surface area contributed by atoms with E-state index in [1.54, 1.807) is 6.20 Å². The maximum atomic E-state index is 6.08. The highest BCUT2D eigenvalue weighted by Crippen LogP contribution is 2.13. The minimum Gasteiger partial charge on any atom is -0.532 e. The van der Waals surface area contributed by atoms with Crippen molar-refractivity contribution in [2.75, 3.05) is 0 Å². The molecule has 1 aromatic rings. The summed E-state index contributed by atoms with van der Waals surface area (Å²) in [6.07, 6.45) is 3.59. The number of rotatable bonds is 3. The van der Waals surface area contributed by atoms with Crippen LogP contribution in [0.5, 0.6) is 0 Å². The van der Waals surface area contributed by atoms with Crippen LogP contribution in [0.15, 0.2) is 29.2 Å². The van der Waals surface area contributed by atoms with E-state index in [2.05, 4.69) is 44.3 Å². The predicted octanol–water partition coefficient (Wildman–Crippen LogP) is 3.51. The van der Waals surface area contributed by atoms with Gasteiger partial charge in [-0.05, 0) is 51.4 Å². The molecule has 0 N–H and O–H groups in total. The van der Waals surface area contributed by atoms with Crippen LogP contribution >= 0.6 is 0 Å². The molecule has 3 nitrogen and oxygen atoms in total. The van der Waals surface area contributed by atoms with Gasteiger partial charge in [0, 0.05) is 12.4 Å². The van der Waals surface area contributed by atoms with E-state index < -0.39 is 16.6 Å². The molecule has 1 rings (SSSR count). The zero-order valence-corrected chi connectivity index (χ0v) is 13.6. The highest BCUT2D eigenvalue weighted by Gasteiger charge is 2.22. The molecule has 0 bridgehead atoms. The molecule has 0 radical (unpaired) electrons. The monoisotopic (exact) mass is 266 g/mol. The fourth-order valence-electron chi connectivity index (χ4n) is 1.23. The van der Waals surface area contributed by atoms with Crippen LogP contribution in [0.1, 0.15) is 5.56 Å². The lowest BCUT2D eigenvalue weighted by molar-refractivity contribution is 0.554. The quantitative estimate of drug-likeness (QED) is 0.476. The average Bonchev–Trinajstić information content (AvgIpc) is 2.14. The summed E-state index contributed by atoms with van der Waals surface area (Å²) in [5, 5.41) is 0. The van der Waals surface area contributed by atoms with Gasteiger partial charge in [-0.2, -0.15) is 0 Å². The van der Waals surface area contributed by atoms with Crippen LogP contribution in [0.4, 0.5) is 0 Å². The Morgan fingerprint density at radius 3 is 2.24 bits per heavy atom. The maximum Gasteiger partial charge on any atom is 0.244 e. The fraction of sp³-hybridized carbons (Fsp3) is 0.500. The van der Waals surface area contributed by atoms with Gasteiger partial charge in [-0.15, -0.1) is 0 Å². The Balaban J connectivity index is 3.09. The van der Waals surface area contributed by atoms with Crippen LogP contribution in [-0.2, 0) is 4.43 Å². The van der Waals surface area contributed by atoms with Gasteiger partial charge >= 0.3 is 0 Å². The smallest absolute Gasteiger partial charge is 0.244 e. The van der Waals surface area contributed by atoms with Gasteiger partial charge < -0.3 is 4.43 Å². The van der Waals surface area contributed by atoms with E-state index in [1.807, 2.05) is 18.3 Å². The van der Waals surface area contributed by atoms with E-state index in [0.717, 1.165) is 11.5 Å². The Kier molecular flexibility index (Phi) is 4.27. The van der Waals surface area contributed by atoms with Gasteiger partial charge in [0.15, 0.2) is 14.1 Å². The average molecular weight is 266 g/mol. The third kappa shape index (κ3) is 5.79. The Hall–Kier alpha value is -0.946. The summed E-state index contributed by atoms with van der Waals surface area (Å²) in [5.74, 6) is 0.774. The topological polar surface area (TPSA) is 34.5 Å². The van der Waals surface area contributed by atoms with Crippen LogP contribution in [0, 0.1) is 0 Å². The molecular weight excluding hydrogens is 244 g/mol. The number of hydrogen-bond acceptors (Lipinski definition) is 3. The van der Waals surface area contributed by atoms with E-state index in [-0.39, 0.29) is 0 Å². The zero-order valence-electron chi connectivity index (χ0n) is 11.6. The first-order chi connectivity index (χ1) is 7.67. The van der Waals surface area contributed by atoms with Crippen LogP contribution in [0.3, 0.4) is 0 Å². The molecule has 17 heavy (non-hydrogen) atoms. The summed E-state index contributed by atoms with van der Waals surface area (Å²) in [4.78, 5) is 4.14. The summed E-state index contributed by atoms with van der Waals surface area (Å²) in [6.45, 7) is 13.1. The van der Waals surface area contributed by atoms with Crippen molar-refractivity contribution < 1.29 is 4.43 Å². The molecule has 0 aliphatic carbocycles.